The van der Waals surface area contributed by atoms with Gasteiger partial charge >= 0.3 is 0 Å². The SMILES string of the molecule is Cc1nc2nc(N)nn2c(C)c1CC(=O)Nc1nnc(C23CC4CC(CC(C4)C2)C3)s1. The first-order valence-electron chi connectivity index (χ1n) is 11.0. The van der Waals surface area contributed by atoms with E-state index in [1.54, 1.807) is 15.9 Å². The molecule has 4 bridgehead atoms. The molecule has 4 aliphatic carbocycles. The lowest BCUT2D eigenvalue weighted by Gasteiger charge is -2.55. The maximum Gasteiger partial charge on any atom is 0.254 e. The maximum absolute atomic E-state index is 12.8. The second kappa shape index (κ2) is 6.69. The number of nitrogen functional groups attached to an aromatic ring is 1. The van der Waals surface area contributed by atoms with E-state index in [0.29, 0.717) is 10.9 Å². The third kappa shape index (κ3) is 3.10. The summed E-state index contributed by atoms with van der Waals surface area (Å²) in [5, 5.41) is 17.7. The number of rotatable bonds is 4. The summed E-state index contributed by atoms with van der Waals surface area (Å²) in [6.07, 6.45) is 8.11. The van der Waals surface area contributed by atoms with E-state index in [-0.39, 0.29) is 23.7 Å². The molecule has 3 aromatic heterocycles. The normalized spacial score (nSPS) is 29.0. The summed E-state index contributed by atoms with van der Waals surface area (Å²) in [5.41, 5.74) is 8.28. The van der Waals surface area contributed by atoms with Gasteiger partial charge in [0.2, 0.25) is 17.0 Å². The Morgan fingerprint density at radius 3 is 2.48 bits per heavy atom. The van der Waals surface area contributed by atoms with Crippen molar-refractivity contribution in [2.24, 2.45) is 17.8 Å². The van der Waals surface area contributed by atoms with Crippen LogP contribution in [0.1, 0.15) is 60.5 Å². The standard InChI is InChI=1S/C21H26N8OS/c1-10-15(11(2)29-19(23-10)25-18(22)28-29)6-16(30)24-20-27-26-17(31-20)21-7-12-3-13(8-21)5-14(4-12)9-21/h12-14H,3-9H2,1-2H3,(H2,22,28)(H,24,27,30). The Labute approximate surface area is 183 Å². The largest absolute Gasteiger partial charge is 0.366 e. The van der Waals surface area contributed by atoms with E-state index in [0.717, 1.165) is 39.7 Å². The molecule has 10 heteroatoms. The molecule has 4 saturated carbocycles. The summed E-state index contributed by atoms with van der Waals surface area (Å²) >= 11 is 1.56. The van der Waals surface area contributed by atoms with Crippen LogP contribution in [-0.4, -0.2) is 35.7 Å². The van der Waals surface area contributed by atoms with Gasteiger partial charge in [0.15, 0.2) is 0 Å². The molecule has 3 heterocycles. The minimum Gasteiger partial charge on any atom is -0.366 e. The van der Waals surface area contributed by atoms with Crippen molar-refractivity contribution < 1.29 is 4.79 Å². The van der Waals surface area contributed by atoms with Gasteiger partial charge in [0, 0.05) is 22.4 Å². The fourth-order valence-corrected chi connectivity index (χ4v) is 7.64. The monoisotopic (exact) mass is 438 g/mol. The number of nitrogens with two attached hydrogens (primary N) is 1. The average Bonchev–Trinajstić information content (AvgIpc) is 3.31. The Hall–Kier alpha value is -2.62. The van der Waals surface area contributed by atoms with Gasteiger partial charge in [-0.1, -0.05) is 11.3 Å². The van der Waals surface area contributed by atoms with E-state index >= 15 is 0 Å². The summed E-state index contributed by atoms with van der Waals surface area (Å²) < 4.78 is 1.58. The molecule has 7 rings (SSSR count). The van der Waals surface area contributed by atoms with Crippen LogP contribution in [0.2, 0.25) is 0 Å². The van der Waals surface area contributed by atoms with Gasteiger partial charge in [-0.3, -0.25) is 4.79 Å². The zero-order valence-electron chi connectivity index (χ0n) is 17.8. The van der Waals surface area contributed by atoms with Gasteiger partial charge in [-0.15, -0.1) is 15.3 Å². The molecule has 0 atom stereocenters. The van der Waals surface area contributed by atoms with Gasteiger partial charge < -0.3 is 11.1 Å². The highest BCUT2D eigenvalue weighted by atomic mass is 32.1. The van der Waals surface area contributed by atoms with Crippen LogP contribution in [0, 0.1) is 31.6 Å². The van der Waals surface area contributed by atoms with Gasteiger partial charge in [0.25, 0.3) is 5.78 Å². The number of hydrogen-bond donors (Lipinski definition) is 2. The molecule has 0 aliphatic heterocycles. The maximum atomic E-state index is 12.8. The van der Waals surface area contributed by atoms with Gasteiger partial charge in [-0.05, 0) is 70.1 Å². The van der Waals surface area contributed by atoms with Crippen molar-refractivity contribution in [3.05, 3.63) is 22.0 Å². The van der Waals surface area contributed by atoms with Crippen LogP contribution in [0.3, 0.4) is 0 Å². The first kappa shape index (κ1) is 19.1. The van der Waals surface area contributed by atoms with Crippen molar-refractivity contribution in [2.45, 2.75) is 64.2 Å². The lowest BCUT2D eigenvalue weighted by molar-refractivity contribution is -0.115. The molecule has 0 aromatic carbocycles. The topological polar surface area (TPSA) is 124 Å². The fourth-order valence-electron chi connectivity index (χ4n) is 6.66. The van der Waals surface area contributed by atoms with Crippen LogP contribution < -0.4 is 11.1 Å². The molecule has 162 valence electrons. The third-order valence-electron chi connectivity index (χ3n) is 7.57. The second-order valence-corrected chi connectivity index (χ2v) is 10.8. The van der Waals surface area contributed by atoms with Crippen LogP contribution in [-0.2, 0) is 16.6 Å². The lowest BCUT2D eigenvalue weighted by Crippen LogP contribution is -2.48. The number of amides is 1. The van der Waals surface area contributed by atoms with Crippen molar-refractivity contribution in [1.29, 1.82) is 0 Å². The lowest BCUT2D eigenvalue weighted by atomic mass is 9.50. The van der Waals surface area contributed by atoms with Crippen LogP contribution in [0.15, 0.2) is 0 Å². The molecule has 9 nitrogen and oxygen atoms in total. The number of aromatic nitrogens is 6. The predicted octanol–water partition coefficient (Wildman–Crippen LogP) is 2.82. The summed E-state index contributed by atoms with van der Waals surface area (Å²) in [5.74, 6) is 3.05. The molecule has 31 heavy (non-hydrogen) atoms. The number of carbonyl (C=O) groups is 1. The van der Waals surface area contributed by atoms with Crippen molar-refractivity contribution in [3.63, 3.8) is 0 Å². The van der Waals surface area contributed by atoms with E-state index in [9.17, 15) is 4.79 Å². The Balaban J connectivity index is 1.20. The Morgan fingerprint density at radius 1 is 1.13 bits per heavy atom. The number of fused-ring (bicyclic) bond motifs is 1. The smallest absolute Gasteiger partial charge is 0.254 e. The predicted molar refractivity (Wildman–Crippen MR) is 117 cm³/mol. The van der Waals surface area contributed by atoms with E-state index in [2.05, 4.69) is 30.6 Å². The van der Waals surface area contributed by atoms with Gasteiger partial charge in [-0.25, -0.2) is 4.98 Å². The highest BCUT2D eigenvalue weighted by molar-refractivity contribution is 7.15. The fraction of sp³-hybridized carbons (Fsp3) is 0.619. The van der Waals surface area contributed by atoms with E-state index in [1.807, 2.05) is 13.8 Å². The Bertz CT molecular complexity index is 1160. The molecule has 0 spiro atoms. The number of aryl methyl sites for hydroxylation is 2. The number of hydrogen-bond acceptors (Lipinski definition) is 8. The van der Waals surface area contributed by atoms with Crippen molar-refractivity contribution in [2.75, 3.05) is 11.1 Å². The zero-order valence-corrected chi connectivity index (χ0v) is 18.6. The number of nitrogens with one attached hydrogen (secondary N) is 1. The second-order valence-electron chi connectivity index (χ2n) is 9.78. The molecular weight excluding hydrogens is 412 g/mol. The number of carbonyl (C=O) groups excluding carboxylic acids is 1. The van der Waals surface area contributed by atoms with Crippen molar-refractivity contribution >= 4 is 34.1 Å². The van der Waals surface area contributed by atoms with Crippen molar-refractivity contribution in [1.82, 2.24) is 29.8 Å². The number of nitrogens with zero attached hydrogens (tertiary/aromatic N) is 6. The first-order chi connectivity index (χ1) is 14.9. The van der Waals surface area contributed by atoms with Crippen molar-refractivity contribution in [3.8, 4) is 0 Å². The van der Waals surface area contributed by atoms with Gasteiger partial charge in [-0.2, -0.15) is 9.50 Å². The molecule has 0 radical (unpaired) electrons. The molecule has 0 unspecified atom stereocenters. The minimum atomic E-state index is -0.131. The van der Waals surface area contributed by atoms with Crippen LogP contribution in [0.4, 0.5) is 11.1 Å². The molecule has 3 N–H and O–H groups in total. The average molecular weight is 439 g/mol. The Kier molecular flexibility index (Phi) is 4.12. The zero-order chi connectivity index (χ0) is 21.3. The van der Waals surface area contributed by atoms with Crippen LogP contribution in [0.25, 0.3) is 5.78 Å². The van der Waals surface area contributed by atoms with E-state index in [4.69, 9.17) is 5.73 Å². The molecule has 4 aliphatic rings. The summed E-state index contributed by atoms with van der Waals surface area (Å²) in [6, 6.07) is 0. The summed E-state index contributed by atoms with van der Waals surface area (Å²) in [6.45, 7) is 3.77. The van der Waals surface area contributed by atoms with Gasteiger partial charge in [0.1, 0.15) is 5.01 Å². The van der Waals surface area contributed by atoms with Gasteiger partial charge in [0.05, 0.1) is 6.42 Å². The number of anilines is 2. The van der Waals surface area contributed by atoms with E-state index < -0.39 is 0 Å². The molecule has 1 amide bonds. The summed E-state index contributed by atoms with van der Waals surface area (Å²) in [7, 11) is 0. The Morgan fingerprint density at radius 2 is 1.81 bits per heavy atom. The highest BCUT2D eigenvalue weighted by Crippen LogP contribution is 2.61. The highest BCUT2D eigenvalue weighted by Gasteiger charge is 2.53. The molecule has 4 fully saturated rings. The quantitative estimate of drug-likeness (QED) is 0.642. The summed E-state index contributed by atoms with van der Waals surface area (Å²) in [4.78, 5) is 21.4. The third-order valence-corrected chi connectivity index (χ3v) is 8.65. The molecular formula is C21H26N8OS. The minimum absolute atomic E-state index is 0.131. The molecule has 0 saturated heterocycles. The van der Waals surface area contributed by atoms with E-state index in [1.165, 1.54) is 38.5 Å². The first-order valence-corrected chi connectivity index (χ1v) is 11.8. The van der Waals surface area contributed by atoms with Crippen LogP contribution in [0.5, 0.6) is 0 Å². The molecule has 3 aromatic rings. The van der Waals surface area contributed by atoms with Crippen LogP contribution >= 0.6 is 11.3 Å².